The summed E-state index contributed by atoms with van der Waals surface area (Å²) in [5.74, 6) is 0. The molecule has 2 fully saturated rings. The maximum Gasteiger partial charge on any atom is 0.195 e. The molecule has 1 aromatic heterocycles. The van der Waals surface area contributed by atoms with Gasteiger partial charge in [0.2, 0.25) is 0 Å². The minimum atomic E-state index is -0.914. The van der Waals surface area contributed by atoms with Gasteiger partial charge in [0.1, 0.15) is 0 Å². The van der Waals surface area contributed by atoms with E-state index in [0.717, 1.165) is 90.1 Å². The van der Waals surface area contributed by atoms with Crippen molar-refractivity contribution in [2.75, 3.05) is 0 Å². The van der Waals surface area contributed by atoms with Crippen LogP contribution in [0.5, 0.6) is 0 Å². The molecule has 2 saturated carbocycles. The summed E-state index contributed by atoms with van der Waals surface area (Å²) in [5, 5.41) is 24.4. The molecule has 2 aliphatic carbocycles. The van der Waals surface area contributed by atoms with Gasteiger partial charge in [-0.2, -0.15) is 0 Å². The SMILES string of the molecule is O=c1c2ccccc2sc2c(C3(O)CCCCC3)cc(C3(O)CCCCC3)cc12. The molecule has 0 radical (unpaired) electrons. The van der Waals surface area contributed by atoms with Gasteiger partial charge in [-0.3, -0.25) is 4.79 Å². The van der Waals surface area contributed by atoms with Crippen molar-refractivity contribution >= 4 is 31.5 Å². The molecule has 5 rings (SSSR count). The van der Waals surface area contributed by atoms with E-state index in [4.69, 9.17) is 0 Å². The molecule has 2 aliphatic rings. The van der Waals surface area contributed by atoms with Gasteiger partial charge >= 0.3 is 0 Å². The van der Waals surface area contributed by atoms with Crippen molar-refractivity contribution in [2.45, 2.75) is 75.4 Å². The number of benzene rings is 2. The minimum absolute atomic E-state index is 0.0104. The van der Waals surface area contributed by atoms with E-state index in [9.17, 15) is 15.0 Å². The van der Waals surface area contributed by atoms with Crippen molar-refractivity contribution in [1.29, 1.82) is 0 Å². The first-order chi connectivity index (χ1) is 14.0. The van der Waals surface area contributed by atoms with Crippen LogP contribution in [0.15, 0.2) is 41.2 Å². The maximum atomic E-state index is 13.4. The minimum Gasteiger partial charge on any atom is -0.385 e. The van der Waals surface area contributed by atoms with Crippen LogP contribution in [0.4, 0.5) is 0 Å². The summed E-state index contributed by atoms with van der Waals surface area (Å²) in [7, 11) is 0. The van der Waals surface area contributed by atoms with Crippen LogP contribution in [-0.4, -0.2) is 10.2 Å². The van der Waals surface area contributed by atoms with Crippen LogP contribution < -0.4 is 5.43 Å². The highest BCUT2D eigenvalue weighted by molar-refractivity contribution is 7.24. The van der Waals surface area contributed by atoms with Crippen molar-refractivity contribution < 1.29 is 10.2 Å². The lowest BCUT2D eigenvalue weighted by Crippen LogP contribution is -2.32. The zero-order valence-electron chi connectivity index (χ0n) is 16.7. The quantitative estimate of drug-likeness (QED) is 0.533. The fourth-order valence-electron chi connectivity index (χ4n) is 5.35. The lowest BCUT2D eigenvalue weighted by molar-refractivity contribution is -0.00577. The van der Waals surface area contributed by atoms with Crippen molar-refractivity contribution in [3.05, 3.63) is 57.7 Å². The van der Waals surface area contributed by atoms with Crippen LogP contribution in [0.2, 0.25) is 0 Å². The molecule has 0 amide bonds. The maximum absolute atomic E-state index is 13.4. The molecule has 1 heterocycles. The van der Waals surface area contributed by atoms with Gasteiger partial charge in [-0.15, -0.1) is 11.3 Å². The molecule has 3 nitrogen and oxygen atoms in total. The summed E-state index contributed by atoms with van der Waals surface area (Å²) < 4.78 is 1.84. The molecule has 29 heavy (non-hydrogen) atoms. The Hall–Kier alpha value is -1.75. The summed E-state index contributed by atoms with van der Waals surface area (Å²) in [6.07, 6.45) is 9.16. The van der Waals surface area contributed by atoms with Crippen LogP contribution in [0.1, 0.15) is 75.3 Å². The standard InChI is InChI=1S/C25H28O3S/c26-22-18-9-3-4-10-21(18)29-23-19(22)15-17(24(27)11-5-1-6-12-24)16-20(23)25(28)13-7-2-8-14-25/h3-4,9-10,15-16,27-28H,1-2,5-8,11-14H2. The van der Waals surface area contributed by atoms with E-state index < -0.39 is 11.2 Å². The van der Waals surface area contributed by atoms with E-state index in [2.05, 4.69) is 0 Å². The third-order valence-electron chi connectivity index (χ3n) is 7.08. The molecule has 4 heteroatoms. The second-order valence-corrected chi connectivity index (χ2v) is 10.1. The number of rotatable bonds is 2. The van der Waals surface area contributed by atoms with E-state index in [1.807, 2.05) is 36.4 Å². The highest BCUT2D eigenvalue weighted by Crippen LogP contribution is 2.45. The van der Waals surface area contributed by atoms with Crippen molar-refractivity contribution in [1.82, 2.24) is 0 Å². The molecule has 0 aliphatic heterocycles. The molecule has 3 aromatic rings. The molecule has 2 aromatic carbocycles. The summed E-state index contributed by atoms with van der Waals surface area (Å²) >= 11 is 1.60. The van der Waals surface area contributed by atoms with E-state index in [1.54, 1.807) is 11.3 Å². The third-order valence-corrected chi connectivity index (χ3v) is 8.30. The van der Waals surface area contributed by atoms with Gasteiger partial charge in [-0.25, -0.2) is 0 Å². The monoisotopic (exact) mass is 408 g/mol. The van der Waals surface area contributed by atoms with Gasteiger partial charge in [0.05, 0.1) is 11.2 Å². The fraction of sp³-hybridized carbons (Fsp3) is 0.480. The summed E-state index contributed by atoms with van der Waals surface area (Å²) in [5.41, 5.74) is -0.121. The number of hydrogen-bond donors (Lipinski definition) is 2. The molecule has 0 bridgehead atoms. The Morgan fingerprint density at radius 3 is 2.07 bits per heavy atom. The fourth-order valence-corrected chi connectivity index (χ4v) is 6.61. The predicted octanol–water partition coefficient (Wildman–Crippen LogP) is 5.72. The molecule has 152 valence electrons. The van der Waals surface area contributed by atoms with Crippen LogP contribution >= 0.6 is 11.3 Å². The second kappa shape index (κ2) is 7.19. The summed E-state index contributed by atoms with van der Waals surface area (Å²) in [6, 6.07) is 11.7. The van der Waals surface area contributed by atoms with E-state index in [1.165, 1.54) is 0 Å². The molecular formula is C25H28O3S. The highest BCUT2D eigenvalue weighted by Gasteiger charge is 2.37. The Bertz CT molecular complexity index is 1120. The largest absolute Gasteiger partial charge is 0.385 e. The smallest absolute Gasteiger partial charge is 0.195 e. The number of fused-ring (bicyclic) bond motifs is 2. The first-order valence-electron chi connectivity index (χ1n) is 11.0. The van der Waals surface area contributed by atoms with E-state index >= 15 is 0 Å². The topological polar surface area (TPSA) is 57.5 Å². The molecule has 0 spiro atoms. The molecule has 0 unspecified atom stereocenters. The number of aliphatic hydroxyl groups is 2. The van der Waals surface area contributed by atoms with Gasteiger partial charge < -0.3 is 10.2 Å². The first kappa shape index (κ1) is 19.2. The zero-order valence-corrected chi connectivity index (χ0v) is 17.6. The normalized spacial score (nSPS) is 21.4. The van der Waals surface area contributed by atoms with Gasteiger partial charge in [0.25, 0.3) is 0 Å². The van der Waals surface area contributed by atoms with Crippen LogP contribution in [-0.2, 0) is 11.2 Å². The van der Waals surface area contributed by atoms with Gasteiger partial charge in [0, 0.05) is 25.7 Å². The first-order valence-corrected chi connectivity index (χ1v) is 11.8. The Labute approximate surface area is 175 Å². The van der Waals surface area contributed by atoms with Gasteiger partial charge in [0.15, 0.2) is 5.43 Å². The Morgan fingerprint density at radius 1 is 0.759 bits per heavy atom. The van der Waals surface area contributed by atoms with Crippen molar-refractivity contribution in [2.24, 2.45) is 0 Å². The Morgan fingerprint density at radius 2 is 1.38 bits per heavy atom. The van der Waals surface area contributed by atoms with Crippen molar-refractivity contribution in [3.63, 3.8) is 0 Å². The second-order valence-electron chi connectivity index (χ2n) is 9.01. The zero-order chi connectivity index (χ0) is 20.1. The van der Waals surface area contributed by atoms with Gasteiger partial charge in [-0.05, 0) is 55.5 Å². The van der Waals surface area contributed by atoms with E-state index in [-0.39, 0.29) is 5.43 Å². The molecule has 2 N–H and O–H groups in total. The lowest BCUT2D eigenvalue weighted by atomic mass is 9.75. The van der Waals surface area contributed by atoms with E-state index in [0.29, 0.717) is 5.39 Å². The number of hydrogen-bond acceptors (Lipinski definition) is 4. The van der Waals surface area contributed by atoms with Crippen LogP contribution in [0.3, 0.4) is 0 Å². The molecule has 0 atom stereocenters. The van der Waals surface area contributed by atoms with Crippen LogP contribution in [0, 0.1) is 0 Å². The average Bonchev–Trinajstić information content (AvgIpc) is 2.74. The Kier molecular flexibility index (Phi) is 4.77. The third kappa shape index (κ3) is 3.22. The highest BCUT2D eigenvalue weighted by atomic mass is 32.1. The molecule has 0 saturated heterocycles. The lowest BCUT2D eigenvalue weighted by Gasteiger charge is -2.36. The molecular weight excluding hydrogens is 380 g/mol. The summed E-state index contributed by atoms with van der Waals surface area (Å²) in [4.78, 5) is 13.4. The summed E-state index contributed by atoms with van der Waals surface area (Å²) in [6.45, 7) is 0. The Balaban J connectivity index is 1.83. The van der Waals surface area contributed by atoms with Gasteiger partial charge in [-0.1, -0.05) is 50.7 Å². The van der Waals surface area contributed by atoms with Crippen LogP contribution in [0.25, 0.3) is 20.2 Å². The van der Waals surface area contributed by atoms with Crippen molar-refractivity contribution in [3.8, 4) is 0 Å². The predicted molar refractivity (Wildman–Crippen MR) is 120 cm³/mol. The average molecular weight is 409 g/mol.